The molecule has 2 heterocycles. The molecule has 1 aliphatic rings. The minimum atomic E-state index is -0.216. The van der Waals surface area contributed by atoms with Crippen molar-refractivity contribution >= 4 is 17.9 Å². The zero-order chi connectivity index (χ0) is 16.8. The van der Waals surface area contributed by atoms with E-state index in [0.717, 1.165) is 24.4 Å². The molecular weight excluding hydrogens is 294 g/mol. The molecule has 1 aliphatic heterocycles. The van der Waals surface area contributed by atoms with Gasteiger partial charge in [0.2, 0.25) is 5.95 Å². The summed E-state index contributed by atoms with van der Waals surface area (Å²) in [4.78, 5) is 22.4. The third-order valence-electron chi connectivity index (χ3n) is 3.64. The number of hydrogen-bond acceptors (Lipinski definition) is 6. The van der Waals surface area contributed by atoms with Crippen LogP contribution in [0.5, 0.6) is 0 Å². The molecule has 1 fully saturated rings. The van der Waals surface area contributed by atoms with E-state index in [1.54, 1.807) is 4.90 Å². The van der Waals surface area contributed by atoms with E-state index in [2.05, 4.69) is 34.4 Å². The normalized spacial score (nSPS) is 15.6. The molecule has 0 atom stereocenters. The van der Waals surface area contributed by atoms with Crippen LogP contribution in [-0.4, -0.2) is 52.7 Å². The summed E-state index contributed by atoms with van der Waals surface area (Å²) in [5.41, 5.74) is 0.926. The Bertz CT molecular complexity index is 527. The third-order valence-corrected chi connectivity index (χ3v) is 3.64. The molecule has 128 valence electrons. The predicted octanol–water partition coefficient (Wildman–Crippen LogP) is 2.64. The number of piperidine rings is 1. The fraction of sp³-hybridized carbons (Fsp3) is 0.688. The van der Waals surface area contributed by atoms with Crippen molar-refractivity contribution in [3.63, 3.8) is 0 Å². The van der Waals surface area contributed by atoms with Gasteiger partial charge in [-0.25, -0.2) is 9.78 Å². The minimum absolute atomic E-state index is 0.216. The number of aryl methyl sites for hydroxylation is 1. The number of nitrogens with zero attached hydrogens (tertiary/aromatic N) is 3. The standard InChI is InChI=1S/C16H27N5O2/c1-5-23-16(22)21-8-6-13(7-9-21)19-14-10-12(4)18-15(20-14)17-11(2)3/h10-11,13H,5-9H2,1-4H3,(H2,17,18,19,20). The van der Waals surface area contributed by atoms with E-state index in [0.29, 0.717) is 31.7 Å². The van der Waals surface area contributed by atoms with Gasteiger partial charge in [0, 0.05) is 36.9 Å². The lowest BCUT2D eigenvalue weighted by Crippen LogP contribution is -2.42. The Morgan fingerprint density at radius 1 is 1.39 bits per heavy atom. The van der Waals surface area contributed by atoms with E-state index in [1.165, 1.54) is 0 Å². The molecule has 1 amide bonds. The number of hydrogen-bond donors (Lipinski definition) is 2. The summed E-state index contributed by atoms with van der Waals surface area (Å²) >= 11 is 0. The van der Waals surface area contributed by atoms with Gasteiger partial charge in [0.05, 0.1) is 6.61 Å². The maximum absolute atomic E-state index is 11.7. The molecule has 2 N–H and O–H groups in total. The lowest BCUT2D eigenvalue weighted by atomic mass is 10.1. The zero-order valence-corrected chi connectivity index (χ0v) is 14.4. The summed E-state index contributed by atoms with van der Waals surface area (Å²) in [7, 11) is 0. The highest BCUT2D eigenvalue weighted by molar-refractivity contribution is 5.67. The van der Waals surface area contributed by atoms with Crippen molar-refractivity contribution in [1.29, 1.82) is 0 Å². The van der Waals surface area contributed by atoms with Crippen LogP contribution >= 0.6 is 0 Å². The van der Waals surface area contributed by atoms with Crippen LogP contribution in [-0.2, 0) is 4.74 Å². The van der Waals surface area contributed by atoms with Gasteiger partial charge in [0.1, 0.15) is 5.82 Å². The number of aromatic nitrogens is 2. The third kappa shape index (κ3) is 5.26. The Morgan fingerprint density at radius 2 is 2.09 bits per heavy atom. The molecule has 23 heavy (non-hydrogen) atoms. The highest BCUT2D eigenvalue weighted by Crippen LogP contribution is 2.18. The summed E-state index contributed by atoms with van der Waals surface area (Å²) in [6.45, 7) is 9.74. The molecule has 1 saturated heterocycles. The maximum atomic E-state index is 11.7. The monoisotopic (exact) mass is 321 g/mol. The van der Waals surface area contributed by atoms with E-state index >= 15 is 0 Å². The maximum Gasteiger partial charge on any atom is 0.409 e. The first-order valence-corrected chi connectivity index (χ1v) is 8.28. The van der Waals surface area contributed by atoms with Crippen LogP contribution in [0.15, 0.2) is 6.07 Å². The first kappa shape index (κ1) is 17.3. The van der Waals surface area contributed by atoms with Gasteiger partial charge in [-0.3, -0.25) is 0 Å². The van der Waals surface area contributed by atoms with Gasteiger partial charge in [-0.15, -0.1) is 0 Å². The quantitative estimate of drug-likeness (QED) is 0.868. The Labute approximate surface area is 137 Å². The molecular formula is C16H27N5O2. The number of carbonyl (C=O) groups is 1. The summed E-state index contributed by atoms with van der Waals surface area (Å²) in [5, 5.41) is 6.68. The molecule has 2 rings (SSSR count). The van der Waals surface area contributed by atoms with E-state index < -0.39 is 0 Å². The number of amides is 1. The van der Waals surface area contributed by atoms with Crippen LogP contribution in [0.25, 0.3) is 0 Å². The fourth-order valence-electron chi connectivity index (χ4n) is 2.60. The zero-order valence-electron chi connectivity index (χ0n) is 14.4. The highest BCUT2D eigenvalue weighted by atomic mass is 16.6. The van der Waals surface area contributed by atoms with Crippen LogP contribution < -0.4 is 10.6 Å². The number of carbonyl (C=O) groups excluding carboxylic acids is 1. The number of ether oxygens (including phenoxy) is 1. The van der Waals surface area contributed by atoms with E-state index in [-0.39, 0.29) is 12.1 Å². The van der Waals surface area contributed by atoms with Crippen molar-refractivity contribution in [3.8, 4) is 0 Å². The van der Waals surface area contributed by atoms with Gasteiger partial charge in [0.25, 0.3) is 0 Å². The van der Waals surface area contributed by atoms with E-state index in [9.17, 15) is 4.79 Å². The molecule has 7 nitrogen and oxygen atoms in total. The van der Waals surface area contributed by atoms with Gasteiger partial charge in [-0.2, -0.15) is 4.98 Å². The summed E-state index contributed by atoms with van der Waals surface area (Å²) < 4.78 is 5.04. The first-order valence-electron chi connectivity index (χ1n) is 8.28. The van der Waals surface area contributed by atoms with Crippen molar-refractivity contribution in [2.24, 2.45) is 0 Å². The minimum Gasteiger partial charge on any atom is -0.450 e. The molecule has 0 aliphatic carbocycles. The van der Waals surface area contributed by atoms with Crippen molar-refractivity contribution in [3.05, 3.63) is 11.8 Å². The van der Waals surface area contributed by atoms with Crippen molar-refractivity contribution in [2.45, 2.75) is 52.6 Å². The van der Waals surface area contributed by atoms with Gasteiger partial charge in [-0.1, -0.05) is 0 Å². The second-order valence-corrected chi connectivity index (χ2v) is 6.12. The number of likely N-dealkylation sites (tertiary alicyclic amines) is 1. The average molecular weight is 321 g/mol. The van der Waals surface area contributed by atoms with Gasteiger partial charge < -0.3 is 20.3 Å². The van der Waals surface area contributed by atoms with Crippen LogP contribution in [0, 0.1) is 6.92 Å². The topological polar surface area (TPSA) is 79.4 Å². The van der Waals surface area contributed by atoms with Gasteiger partial charge in [-0.05, 0) is 40.5 Å². The molecule has 0 unspecified atom stereocenters. The Hall–Kier alpha value is -2.05. The Kier molecular flexibility index (Phi) is 6.01. The second-order valence-electron chi connectivity index (χ2n) is 6.12. The van der Waals surface area contributed by atoms with Crippen molar-refractivity contribution in [1.82, 2.24) is 14.9 Å². The number of rotatable bonds is 5. The van der Waals surface area contributed by atoms with Crippen LogP contribution in [0.3, 0.4) is 0 Å². The van der Waals surface area contributed by atoms with Crippen molar-refractivity contribution < 1.29 is 9.53 Å². The van der Waals surface area contributed by atoms with Crippen LogP contribution in [0.1, 0.15) is 39.3 Å². The predicted molar refractivity (Wildman–Crippen MR) is 90.8 cm³/mol. The highest BCUT2D eigenvalue weighted by Gasteiger charge is 2.23. The fourth-order valence-corrected chi connectivity index (χ4v) is 2.60. The second kappa shape index (κ2) is 7.99. The van der Waals surface area contributed by atoms with Gasteiger partial charge in [0.15, 0.2) is 0 Å². The largest absolute Gasteiger partial charge is 0.450 e. The molecule has 1 aromatic heterocycles. The smallest absolute Gasteiger partial charge is 0.409 e. The molecule has 0 spiro atoms. The SMILES string of the molecule is CCOC(=O)N1CCC(Nc2cc(C)nc(NC(C)C)n2)CC1. The Morgan fingerprint density at radius 3 is 2.70 bits per heavy atom. The first-order chi connectivity index (χ1) is 11.0. The number of anilines is 2. The summed E-state index contributed by atoms with van der Waals surface area (Å²) in [6, 6.07) is 2.54. The van der Waals surface area contributed by atoms with Crippen molar-refractivity contribution in [2.75, 3.05) is 30.3 Å². The summed E-state index contributed by atoms with van der Waals surface area (Å²) in [5.74, 6) is 1.47. The van der Waals surface area contributed by atoms with E-state index in [1.807, 2.05) is 19.9 Å². The lowest BCUT2D eigenvalue weighted by Gasteiger charge is -2.31. The average Bonchev–Trinajstić information content (AvgIpc) is 2.46. The molecule has 0 aromatic carbocycles. The van der Waals surface area contributed by atoms with Crippen LogP contribution in [0.2, 0.25) is 0 Å². The molecule has 0 radical (unpaired) electrons. The molecule has 1 aromatic rings. The van der Waals surface area contributed by atoms with Crippen LogP contribution in [0.4, 0.5) is 16.6 Å². The van der Waals surface area contributed by atoms with E-state index in [4.69, 9.17) is 4.74 Å². The van der Waals surface area contributed by atoms with Gasteiger partial charge >= 0.3 is 6.09 Å². The lowest BCUT2D eigenvalue weighted by molar-refractivity contribution is 0.0983. The number of nitrogens with one attached hydrogen (secondary N) is 2. The molecule has 0 bridgehead atoms. The molecule has 7 heteroatoms. The summed E-state index contributed by atoms with van der Waals surface area (Å²) in [6.07, 6.45) is 1.55. The Balaban J connectivity index is 1.91. The molecule has 0 saturated carbocycles.